The molecule has 1 amide bonds. The Hall–Kier alpha value is -0.530. The predicted molar refractivity (Wildman–Crippen MR) is 70.5 cm³/mol. The SMILES string of the molecule is CCCCCCCCC(CCC)NC(C)=O. The predicted octanol–water partition coefficient (Wildman–Crippen LogP) is 4.04. The molecule has 0 saturated heterocycles. The molecule has 1 atom stereocenters. The van der Waals surface area contributed by atoms with E-state index in [-0.39, 0.29) is 5.91 Å². The summed E-state index contributed by atoms with van der Waals surface area (Å²) in [6.45, 7) is 6.04. The quantitative estimate of drug-likeness (QED) is 0.561. The number of nitrogens with one attached hydrogen (secondary N) is 1. The smallest absolute Gasteiger partial charge is 0.217 e. The number of rotatable bonds is 10. The molecule has 96 valence electrons. The van der Waals surface area contributed by atoms with Gasteiger partial charge in [0.15, 0.2) is 0 Å². The lowest BCUT2D eigenvalue weighted by Crippen LogP contribution is -2.32. The number of hydrogen-bond acceptors (Lipinski definition) is 1. The minimum absolute atomic E-state index is 0.115. The lowest BCUT2D eigenvalue weighted by Gasteiger charge is -2.16. The molecule has 0 aliphatic heterocycles. The Morgan fingerprint density at radius 1 is 0.938 bits per heavy atom. The third-order valence-corrected chi connectivity index (χ3v) is 2.95. The lowest BCUT2D eigenvalue weighted by molar-refractivity contribution is -0.119. The minimum atomic E-state index is 0.115. The molecule has 0 aromatic carbocycles. The minimum Gasteiger partial charge on any atom is -0.354 e. The van der Waals surface area contributed by atoms with Crippen molar-refractivity contribution in [3.05, 3.63) is 0 Å². The van der Waals surface area contributed by atoms with Crippen LogP contribution in [0.2, 0.25) is 0 Å². The molecule has 16 heavy (non-hydrogen) atoms. The highest BCUT2D eigenvalue weighted by atomic mass is 16.1. The molecule has 0 aromatic heterocycles. The van der Waals surface area contributed by atoms with Crippen LogP contribution in [0.1, 0.15) is 78.6 Å². The molecule has 0 heterocycles. The summed E-state index contributed by atoms with van der Waals surface area (Å²) in [5.74, 6) is 0.115. The molecule has 1 unspecified atom stereocenters. The van der Waals surface area contributed by atoms with E-state index in [1.165, 1.54) is 38.5 Å². The van der Waals surface area contributed by atoms with Gasteiger partial charge in [0.1, 0.15) is 0 Å². The van der Waals surface area contributed by atoms with Crippen molar-refractivity contribution in [1.29, 1.82) is 0 Å². The van der Waals surface area contributed by atoms with E-state index in [0.717, 1.165) is 19.3 Å². The molecular formula is C14H29NO. The van der Waals surface area contributed by atoms with Crippen molar-refractivity contribution >= 4 is 5.91 Å². The van der Waals surface area contributed by atoms with E-state index in [9.17, 15) is 4.79 Å². The third-order valence-electron chi connectivity index (χ3n) is 2.95. The Kier molecular flexibility index (Phi) is 10.6. The summed E-state index contributed by atoms with van der Waals surface area (Å²) in [7, 11) is 0. The summed E-state index contributed by atoms with van der Waals surface area (Å²) in [5.41, 5.74) is 0. The summed E-state index contributed by atoms with van der Waals surface area (Å²) in [5, 5.41) is 3.04. The Morgan fingerprint density at radius 2 is 1.56 bits per heavy atom. The summed E-state index contributed by atoms with van der Waals surface area (Å²) in [4.78, 5) is 11.0. The van der Waals surface area contributed by atoms with Gasteiger partial charge in [0, 0.05) is 13.0 Å². The van der Waals surface area contributed by atoms with Gasteiger partial charge in [-0.1, -0.05) is 58.8 Å². The van der Waals surface area contributed by atoms with Crippen LogP contribution in [-0.2, 0) is 4.79 Å². The molecule has 0 saturated carbocycles. The number of unbranched alkanes of at least 4 members (excludes halogenated alkanes) is 5. The van der Waals surface area contributed by atoms with Crippen molar-refractivity contribution in [2.24, 2.45) is 0 Å². The van der Waals surface area contributed by atoms with Crippen LogP contribution >= 0.6 is 0 Å². The van der Waals surface area contributed by atoms with E-state index in [1.807, 2.05) is 0 Å². The van der Waals surface area contributed by atoms with Gasteiger partial charge in [-0.2, -0.15) is 0 Å². The summed E-state index contributed by atoms with van der Waals surface area (Å²) in [6, 6.07) is 0.411. The van der Waals surface area contributed by atoms with Crippen molar-refractivity contribution in [3.63, 3.8) is 0 Å². The van der Waals surface area contributed by atoms with Crippen LogP contribution in [0.4, 0.5) is 0 Å². The van der Waals surface area contributed by atoms with Gasteiger partial charge in [-0.25, -0.2) is 0 Å². The molecule has 0 radical (unpaired) electrons. The standard InChI is InChI=1S/C14H29NO/c1-4-6-7-8-9-10-12-14(11-5-2)15-13(3)16/h14H,4-12H2,1-3H3,(H,15,16). The highest BCUT2D eigenvalue weighted by molar-refractivity contribution is 5.73. The molecule has 0 aliphatic rings. The molecular weight excluding hydrogens is 198 g/mol. The van der Waals surface area contributed by atoms with Crippen molar-refractivity contribution in [2.75, 3.05) is 0 Å². The molecule has 0 rings (SSSR count). The van der Waals surface area contributed by atoms with Crippen LogP contribution in [0.5, 0.6) is 0 Å². The summed E-state index contributed by atoms with van der Waals surface area (Å²) < 4.78 is 0. The average molecular weight is 227 g/mol. The maximum Gasteiger partial charge on any atom is 0.217 e. The number of hydrogen-bond donors (Lipinski definition) is 1. The van der Waals surface area contributed by atoms with E-state index >= 15 is 0 Å². The molecule has 0 aromatic rings. The Balaban J connectivity index is 3.47. The van der Waals surface area contributed by atoms with E-state index < -0.39 is 0 Å². The fourth-order valence-electron chi connectivity index (χ4n) is 2.10. The van der Waals surface area contributed by atoms with Gasteiger partial charge >= 0.3 is 0 Å². The Bertz CT molecular complexity index is 168. The number of amides is 1. The molecule has 0 bridgehead atoms. The second kappa shape index (κ2) is 11.0. The van der Waals surface area contributed by atoms with Crippen LogP contribution in [0.25, 0.3) is 0 Å². The monoisotopic (exact) mass is 227 g/mol. The van der Waals surface area contributed by atoms with Crippen molar-refractivity contribution < 1.29 is 4.79 Å². The third kappa shape index (κ3) is 10.0. The van der Waals surface area contributed by atoms with Crippen LogP contribution in [0.3, 0.4) is 0 Å². The Morgan fingerprint density at radius 3 is 2.12 bits per heavy atom. The maximum absolute atomic E-state index is 11.0. The zero-order valence-electron chi connectivity index (χ0n) is 11.3. The van der Waals surface area contributed by atoms with Crippen molar-refractivity contribution in [2.45, 2.75) is 84.6 Å². The van der Waals surface area contributed by atoms with Crippen LogP contribution in [-0.4, -0.2) is 11.9 Å². The Labute approximate surface area is 101 Å². The number of carbonyl (C=O) groups excluding carboxylic acids is 1. The fourth-order valence-corrected chi connectivity index (χ4v) is 2.10. The summed E-state index contributed by atoms with van der Waals surface area (Å²) in [6.07, 6.45) is 11.4. The largest absolute Gasteiger partial charge is 0.354 e. The lowest BCUT2D eigenvalue weighted by atomic mass is 10.0. The van der Waals surface area contributed by atoms with E-state index in [0.29, 0.717) is 6.04 Å². The topological polar surface area (TPSA) is 29.1 Å². The van der Waals surface area contributed by atoms with Gasteiger partial charge in [-0.3, -0.25) is 4.79 Å². The average Bonchev–Trinajstić information content (AvgIpc) is 2.22. The highest BCUT2D eigenvalue weighted by Gasteiger charge is 2.07. The molecule has 2 nitrogen and oxygen atoms in total. The zero-order valence-corrected chi connectivity index (χ0v) is 11.3. The van der Waals surface area contributed by atoms with E-state index in [2.05, 4.69) is 19.2 Å². The van der Waals surface area contributed by atoms with Crippen LogP contribution in [0.15, 0.2) is 0 Å². The van der Waals surface area contributed by atoms with Crippen LogP contribution in [0, 0.1) is 0 Å². The second-order valence-corrected chi connectivity index (χ2v) is 4.74. The first-order valence-corrected chi connectivity index (χ1v) is 6.97. The van der Waals surface area contributed by atoms with Gasteiger partial charge in [0.05, 0.1) is 0 Å². The maximum atomic E-state index is 11.0. The molecule has 1 N–H and O–H groups in total. The first-order chi connectivity index (χ1) is 7.70. The first-order valence-electron chi connectivity index (χ1n) is 6.97. The van der Waals surface area contributed by atoms with Gasteiger partial charge in [0.25, 0.3) is 0 Å². The highest BCUT2D eigenvalue weighted by Crippen LogP contribution is 2.11. The molecule has 2 heteroatoms. The second-order valence-electron chi connectivity index (χ2n) is 4.74. The van der Waals surface area contributed by atoms with Gasteiger partial charge in [0.2, 0.25) is 5.91 Å². The molecule has 0 fully saturated rings. The fraction of sp³-hybridized carbons (Fsp3) is 0.929. The normalized spacial score (nSPS) is 12.4. The van der Waals surface area contributed by atoms with Gasteiger partial charge in [-0.15, -0.1) is 0 Å². The van der Waals surface area contributed by atoms with Crippen molar-refractivity contribution in [3.8, 4) is 0 Å². The van der Waals surface area contributed by atoms with Crippen LogP contribution < -0.4 is 5.32 Å². The van der Waals surface area contributed by atoms with E-state index in [1.54, 1.807) is 6.92 Å². The first kappa shape index (κ1) is 15.5. The van der Waals surface area contributed by atoms with Gasteiger partial charge in [-0.05, 0) is 12.8 Å². The van der Waals surface area contributed by atoms with E-state index in [4.69, 9.17) is 0 Å². The summed E-state index contributed by atoms with van der Waals surface area (Å²) >= 11 is 0. The number of carbonyl (C=O) groups is 1. The van der Waals surface area contributed by atoms with Gasteiger partial charge < -0.3 is 5.32 Å². The molecule has 0 aliphatic carbocycles. The molecule has 0 spiro atoms. The van der Waals surface area contributed by atoms with Crippen molar-refractivity contribution in [1.82, 2.24) is 5.32 Å². The zero-order chi connectivity index (χ0) is 12.2.